The Labute approximate surface area is 153 Å². The fourth-order valence-electron chi connectivity index (χ4n) is 2.58. The Morgan fingerprint density at radius 2 is 1.85 bits per heavy atom. The molecule has 0 unspecified atom stereocenters. The van der Waals surface area contributed by atoms with Gasteiger partial charge in [0.2, 0.25) is 0 Å². The highest BCUT2D eigenvalue weighted by molar-refractivity contribution is 6.22. The van der Waals surface area contributed by atoms with Crippen molar-refractivity contribution in [1.82, 2.24) is 14.8 Å². The number of primary amides is 1. The lowest BCUT2D eigenvalue weighted by atomic mass is 10.1. The maximum atomic E-state index is 13.0. The van der Waals surface area contributed by atoms with Crippen LogP contribution in [0.3, 0.4) is 0 Å². The van der Waals surface area contributed by atoms with Crippen molar-refractivity contribution in [3.63, 3.8) is 0 Å². The van der Waals surface area contributed by atoms with Crippen LogP contribution in [0.25, 0.3) is 23.2 Å². The zero-order chi connectivity index (χ0) is 19.6. The van der Waals surface area contributed by atoms with Crippen molar-refractivity contribution in [3.8, 4) is 11.4 Å². The van der Waals surface area contributed by atoms with Gasteiger partial charge in [0.05, 0.1) is 11.1 Å². The van der Waals surface area contributed by atoms with E-state index < -0.39 is 17.6 Å². The third-order valence-electron chi connectivity index (χ3n) is 3.78. The number of carbonyl (C=O) groups is 1. The molecule has 0 aliphatic heterocycles. The van der Waals surface area contributed by atoms with Crippen molar-refractivity contribution < 1.29 is 18.0 Å². The number of rotatable bonds is 4. The van der Waals surface area contributed by atoms with Crippen molar-refractivity contribution in [2.24, 2.45) is 5.73 Å². The molecule has 138 valence electrons. The van der Waals surface area contributed by atoms with Crippen LogP contribution >= 0.6 is 0 Å². The predicted octanol–water partition coefficient (Wildman–Crippen LogP) is 3.76. The minimum absolute atomic E-state index is 0.109. The number of alkyl halides is 3. The monoisotopic (exact) mass is 372 g/mol. The molecule has 0 bridgehead atoms. The lowest BCUT2D eigenvalue weighted by molar-refractivity contribution is -0.137. The smallest absolute Gasteiger partial charge is 0.366 e. The quantitative estimate of drug-likeness (QED) is 0.709. The molecule has 0 aliphatic carbocycles. The van der Waals surface area contributed by atoms with E-state index in [4.69, 9.17) is 5.73 Å². The van der Waals surface area contributed by atoms with Gasteiger partial charge in [0.25, 0.3) is 5.91 Å². The Hall–Kier alpha value is -3.42. The number of hydrogen-bond acceptors (Lipinski definition) is 3. The predicted molar refractivity (Wildman–Crippen MR) is 95.0 cm³/mol. The molecular weight excluding hydrogens is 357 g/mol. The second-order valence-electron chi connectivity index (χ2n) is 5.91. The van der Waals surface area contributed by atoms with Gasteiger partial charge >= 0.3 is 6.18 Å². The second-order valence-corrected chi connectivity index (χ2v) is 5.91. The first kappa shape index (κ1) is 18.4. The van der Waals surface area contributed by atoms with E-state index in [0.717, 1.165) is 12.1 Å². The molecule has 0 saturated heterocycles. The molecule has 0 fully saturated rings. The summed E-state index contributed by atoms with van der Waals surface area (Å²) in [5.41, 5.74) is 6.12. The third-order valence-corrected chi connectivity index (χ3v) is 3.78. The lowest BCUT2D eigenvalue weighted by Gasteiger charge is -2.09. The van der Waals surface area contributed by atoms with Gasteiger partial charge in [-0.25, -0.2) is 9.67 Å². The molecule has 0 saturated carbocycles. The standard InChI is InChI=1S/C19H15F3N4O/c1-12-7-14(9-15(8-12)19(20,21)22)18-24-11-26(25-18)10-16(17(23)27)13-5-3-2-4-6-13/h2-11H,1H3,(H2,23,27)/b16-10+. The van der Waals surface area contributed by atoms with Gasteiger partial charge in [-0.1, -0.05) is 30.3 Å². The van der Waals surface area contributed by atoms with Crippen LogP contribution in [0.15, 0.2) is 54.9 Å². The van der Waals surface area contributed by atoms with Gasteiger partial charge in [0.1, 0.15) is 6.33 Å². The average molecular weight is 372 g/mol. The Morgan fingerprint density at radius 3 is 2.48 bits per heavy atom. The van der Waals surface area contributed by atoms with Crippen molar-refractivity contribution in [2.75, 3.05) is 0 Å². The molecule has 3 rings (SSSR count). The molecule has 0 spiro atoms. The number of halogens is 3. The second kappa shape index (κ2) is 7.06. The summed E-state index contributed by atoms with van der Waals surface area (Å²) in [7, 11) is 0. The van der Waals surface area contributed by atoms with Gasteiger partial charge in [-0.05, 0) is 36.2 Å². The number of amides is 1. The van der Waals surface area contributed by atoms with Crippen LogP contribution < -0.4 is 5.73 Å². The number of aromatic nitrogens is 3. The van der Waals surface area contributed by atoms with E-state index in [9.17, 15) is 18.0 Å². The van der Waals surface area contributed by atoms with Crippen molar-refractivity contribution in [2.45, 2.75) is 13.1 Å². The molecule has 1 heterocycles. The molecule has 3 aromatic rings. The summed E-state index contributed by atoms with van der Waals surface area (Å²) < 4.78 is 40.3. The van der Waals surface area contributed by atoms with Gasteiger partial charge in [0.15, 0.2) is 5.82 Å². The van der Waals surface area contributed by atoms with Crippen LogP contribution in [0.1, 0.15) is 16.7 Å². The fraction of sp³-hybridized carbons (Fsp3) is 0.105. The van der Waals surface area contributed by atoms with E-state index in [1.165, 1.54) is 17.2 Å². The first-order valence-corrected chi connectivity index (χ1v) is 7.91. The molecule has 27 heavy (non-hydrogen) atoms. The molecule has 0 radical (unpaired) electrons. The van der Waals surface area contributed by atoms with Gasteiger partial charge in [-0.3, -0.25) is 4.79 Å². The topological polar surface area (TPSA) is 73.8 Å². The van der Waals surface area contributed by atoms with Gasteiger partial charge in [-0.2, -0.15) is 13.2 Å². The van der Waals surface area contributed by atoms with Gasteiger partial charge in [0, 0.05) is 11.8 Å². The summed E-state index contributed by atoms with van der Waals surface area (Å²) in [6, 6.07) is 12.3. The summed E-state index contributed by atoms with van der Waals surface area (Å²) in [5.74, 6) is -0.550. The molecule has 8 heteroatoms. The van der Waals surface area contributed by atoms with Crippen LogP contribution in [-0.4, -0.2) is 20.7 Å². The van der Waals surface area contributed by atoms with E-state index in [1.54, 1.807) is 43.3 Å². The first-order chi connectivity index (χ1) is 12.7. The number of benzene rings is 2. The van der Waals surface area contributed by atoms with Crippen molar-refractivity contribution >= 4 is 17.7 Å². The third kappa shape index (κ3) is 4.22. The van der Waals surface area contributed by atoms with E-state index in [-0.39, 0.29) is 17.0 Å². The van der Waals surface area contributed by atoms with E-state index >= 15 is 0 Å². The highest BCUT2D eigenvalue weighted by atomic mass is 19.4. The molecule has 1 aromatic heterocycles. The maximum Gasteiger partial charge on any atom is 0.416 e. The van der Waals surface area contributed by atoms with Crippen LogP contribution in [-0.2, 0) is 11.0 Å². The van der Waals surface area contributed by atoms with E-state index in [0.29, 0.717) is 11.1 Å². The molecule has 0 aliphatic rings. The number of hydrogen-bond donors (Lipinski definition) is 1. The maximum absolute atomic E-state index is 13.0. The van der Waals surface area contributed by atoms with E-state index in [2.05, 4.69) is 10.1 Å². The van der Waals surface area contributed by atoms with E-state index in [1.807, 2.05) is 0 Å². The van der Waals surface area contributed by atoms with Gasteiger partial charge < -0.3 is 5.73 Å². The summed E-state index contributed by atoms with van der Waals surface area (Å²) >= 11 is 0. The summed E-state index contributed by atoms with van der Waals surface area (Å²) in [6.07, 6.45) is -1.78. The number of aryl methyl sites for hydroxylation is 1. The minimum atomic E-state index is -4.46. The Kier molecular flexibility index (Phi) is 4.81. The molecular formula is C19H15F3N4O. The van der Waals surface area contributed by atoms with Crippen molar-refractivity contribution in [3.05, 3.63) is 71.5 Å². The number of carbonyl (C=O) groups excluding carboxylic acids is 1. The zero-order valence-corrected chi connectivity index (χ0v) is 14.2. The Morgan fingerprint density at radius 1 is 1.15 bits per heavy atom. The lowest BCUT2D eigenvalue weighted by Crippen LogP contribution is -2.13. The minimum Gasteiger partial charge on any atom is -0.366 e. The molecule has 2 N–H and O–H groups in total. The molecule has 2 aromatic carbocycles. The largest absolute Gasteiger partial charge is 0.416 e. The van der Waals surface area contributed by atoms with Crippen molar-refractivity contribution in [1.29, 1.82) is 0 Å². The molecule has 5 nitrogen and oxygen atoms in total. The fourth-order valence-corrected chi connectivity index (χ4v) is 2.58. The highest BCUT2D eigenvalue weighted by Gasteiger charge is 2.31. The van der Waals surface area contributed by atoms with Crippen LogP contribution in [0.4, 0.5) is 13.2 Å². The first-order valence-electron chi connectivity index (χ1n) is 7.91. The Bertz CT molecular complexity index is 1010. The average Bonchev–Trinajstić information content (AvgIpc) is 3.08. The molecule has 0 atom stereocenters. The summed E-state index contributed by atoms with van der Waals surface area (Å²) in [5, 5.41) is 4.15. The normalized spacial score (nSPS) is 12.2. The van der Waals surface area contributed by atoms with Crippen LogP contribution in [0, 0.1) is 6.92 Å². The van der Waals surface area contributed by atoms with Crippen LogP contribution in [0.2, 0.25) is 0 Å². The van der Waals surface area contributed by atoms with Crippen LogP contribution in [0.5, 0.6) is 0 Å². The summed E-state index contributed by atoms with van der Waals surface area (Å²) in [4.78, 5) is 15.8. The Balaban J connectivity index is 2.00. The summed E-state index contributed by atoms with van der Waals surface area (Å²) in [6.45, 7) is 1.57. The molecule has 1 amide bonds. The SMILES string of the molecule is Cc1cc(-c2ncn(/C=C(/C(N)=O)c3ccccc3)n2)cc(C(F)(F)F)c1. The number of nitrogens with two attached hydrogens (primary N) is 1. The van der Waals surface area contributed by atoms with Gasteiger partial charge in [-0.15, -0.1) is 5.10 Å². The highest BCUT2D eigenvalue weighted by Crippen LogP contribution is 2.32. The zero-order valence-electron chi connectivity index (χ0n) is 14.2. The number of nitrogens with zero attached hydrogens (tertiary/aromatic N) is 3.